The maximum Gasteiger partial charge on any atom is 0.337 e. The highest BCUT2D eigenvalue weighted by atomic mass is 16.5. The lowest BCUT2D eigenvalue weighted by atomic mass is 10.1. The predicted molar refractivity (Wildman–Crippen MR) is 92.0 cm³/mol. The molecule has 2 rings (SSSR count). The second-order valence-corrected chi connectivity index (χ2v) is 5.24. The molecule has 0 spiro atoms. The Morgan fingerprint density at radius 1 is 1.26 bits per heavy atom. The predicted octanol–water partition coefficient (Wildman–Crippen LogP) is 3.23. The second kappa shape index (κ2) is 7.54. The molecule has 1 aromatic carbocycles. The van der Waals surface area contributed by atoms with E-state index in [4.69, 9.17) is 4.74 Å². The molecule has 5 heteroatoms. The van der Waals surface area contributed by atoms with E-state index in [1.165, 1.54) is 7.11 Å². The average molecular weight is 311 g/mol. The Balaban J connectivity index is 2.26. The summed E-state index contributed by atoms with van der Waals surface area (Å²) in [6, 6.07) is 11.3. The summed E-state index contributed by atoms with van der Waals surface area (Å²) in [5, 5.41) is 0. The number of aromatic nitrogens is 1. The third-order valence-electron chi connectivity index (χ3n) is 3.61. The zero-order valence-electron chi connectivity index (χ0n) is 13.9. The van der Waals surface area contributed by atoms with Crippen molar-refractivity contribution in [2.24, 2.45) is 4.99 Å². The van der Waals surface area contributed by atoms with E-state index in [-0.39, 0.29) is 5.97 Å². The van der Waals surface area contributed by atoms with Crippen LogP contribution in [0.1, 0.15) is 28.4 Å². The van der Waals surface area contributed by atoms with Gasteiger partial charge in [0.15, 0.2) is 0 Å². The fourth-order valence-corrected chi connectivity index (χ4v) is 2.20. The molecular weight excluding hydrogens is 290 g/mol. The minimum absolute atomic E-state index is 0.333. The van der Waals surface area contributed by atoms with Crippen molar-refractivity contribution in [3.8, 4) is 0 Å². The lowest BCUT2D eigenvalue weighted by Crippen LogP contribution is -2.29. The second-order valence-electron chi connectivity index (χ2n) is 5.24. The molecule has 0 atom stereocenters. The first-order valence-electron chi connectivity index (χ1n) is 7.36. The Morgan fingerprint density at radius 3 is 2.52 bits per heavy atom. The van der Waals surface area contributed by atoms with Crippen molar-refractivity contribution < 1.29 is 9.53 Å². The van der Waals surface area contributed by atoms with Gasteiger partial charge in [0.1, 0.15) is 11.7 Å². The molecule has 1 aromatic heterocycles. The summed E-state index contributed by atoms with van der Waals surface area (Å²) >= 11 is 0. The van der Waals surface area contributed by atoms with E-state index in [0.29, 0.717) is 12.1 Å². The van der Waals surface area contributed by atoms with E-state index in [1.54, 1.807) is 25.4 Å². The average Bonchev–Trinajstić information content (AvgIpc) is 2.58. The Bertz CT molecular complexity index is 708. The number of amidine groups is 1. The van der Waals surface area contributed by atoms with Gasteiger partial charge >= 0.3 is 5.97 Å². The van der Waals surface area contributed by atoms with Gasteiger partial charge in [0.05, 0.1) is 19.2 Å². The number of esters is 1. The SMILES string of the molecule is CN=C(C)N(Cc1ccc(C(=O)OC)cc1)c1cc(C)ccn1. The number of pyridine rings is 1. The Morgan fingerprint density at radius 2 is 1.96 bits per heavy atom. The van der Waals surface area contributed by atoms with Crippen LogP contribution in [0.3, 0.4) is 0 Å². The molecule has 5 nitrogen and oxygen atoms in total. The minimum Gasteiger partial charge on any atom is -0.465 e. The molecule has 23 heavy (non-hydrogen) atoms. The van der Waals surface area contributed by atoms with E-state index in [0.717, 1.165) is 22.8 Å². The number of anilines is 1. The molecule has 0 radical (unpaired) electrons. The van der Waals surface area contributed by atoms with Crippen molar-refractivity contribution in [3.05, 3.63) is 59.3 Å². The van der Waals surface area contributed by atoms with Crippen molar-refractivity contribution in [2.75, 3.05) is 19.1 Å². The van der Waals surface area contributed by atoms with Crippen LogP contribution >= 0.6 is 0 Å². The van der Waals surface area contributed by atoms with Gasteiger partial charge in [-0.05, 0) is 49.2 Å². The summed E-state index contributed by atoms with van der Waals surface area (Å²) in [7, 11) is 3.14. The van der Waals surface area contributed by atoms with Crippen molar-refractivity contribution in [3.63, 3.8) is 0 Å². The van der Waals surface area contributed by atoms with Gasteiger partial charge in [0.2, 0.25) is 0 Å². The number of methoxy groups -OCH3 is 1. The highest BCUT2D eigenvalue weighted by molar-refractivity contribution is 5.95. The van der Waals surface area contributed by atoms with Gasteiger partial charge < -0.3 is 9.64 Å². The van der Waals surface area contributed by atoms with Gasteiger partial charge in [-0.1, -0.05) is 12.1 Å². The number of hydrogen-bond donors (Lipinski definition) is 0. The molecule has 0 amide bonds. The molecule has 0 aliphatic rings. The minimum atomic E-state index is -0.333. The summed E-state index contributed by atoms with van der Waals surface area (Å²) in [4.78, 5) is 22.3. The number of aryl methyl sites for hydroxylation is 1. The fourth-order valence-electron chi connectivity index (χ4n) is 2.20. The fraction of sp³-hybridized carbons (Fsp3) is 0.278. The first kappa shape index (κ1) is 16.7. The molecule has 0 bridgehead atoms. The van der Waals surface area contributed by atoms with Crippen LogP contribution in [0.15, 0.2) is 47.6 Å². The molecule has 0 unspecified atom stereocenters. The van der Waals surface area contributed by atoms with E-state index < -0.39 is 0 Å². The van der Waals surface area contributed by atoms with Crippen LogP contribution in [-0.4, -0.2) is 30.9 Å². The van der Waals surface area contributed by atoms with Crippen LogP contribution in [0.4, 0.5) is 5.82 Å². The number of rotatable bonds is 4. The third-order valence-corrected chi connectivity index (χ3v) is 3.61. The first-order chi connectivity index (χ1) is 11.0. The quantitative estimate of drug-likeness (QED) is 0.494. The monoisotopic (exact) mass is 311 g/mol. The summed E-state index contributed by atoms with van der Waals surface area (Å²) < 4.78 is 4.72. The molecule has 2 aromatic rings. The van der Waals surface area contributed by atoms with Crippen molar-refractivity contribution in [2.45, 2.75) is 20.4 Å². The smallest absolute Gasteiger partial charge is 0.337 e. The zero-order valence-corrected chi connectivity index (χ0v) is 13.9. The first-order valence-corrected chi connectivity index (χ1v) is 7.36. The molecule has 0 saturated carbocycles. The van der Waals surface area contributed by atoms with Crippen LogP contribution in [-0.2, 0) is 11.3 Å². The van der Waals surface area contributed by atoms with Crippen molar-refractivity contribution >= 4 is 17.6 Å². The Labute approximate surface area is 136 Å². The standard InChI is InChI=1S/C18H21N3O2/c1-13-9-10-20-17(11-13)21(14(2)19-3)12-15-5-7-16(8-6-15)18(22)23-4/h5-11H,12H2,1-4H3. The topological polar surface area (TPSA) is 54.8 Å². The highest BCUT2D eigenvalue weighted by Gasteiger charge is 2.12. The van der Waals surface area contributed by atoms with E-state index in [1.807, 2.05) is 43.0 Å². The zero-order chi connectivity index (χ0) is 16.8. The molecule has 120 valence electrons. The molecule has 0 aliphatic heterocycles. The Hall–Kier alpha value is -2.69. The maximum absolute atomic E-state index is 11.5. The maximum atomic E-state index is 11.5. The lowest BCUT2D eigenvalue weighted by Gasteiger charge is -2.23. The summed E-state index contributed by atoms with van der Waals surface area (Å²) in [5.41, 5.74) is 2.74. The number of benzene rings is 1. The van der Waals surface area contributed by atoms with Crippen molar-refractivity contribution in [1.29, 1.82) is 0 Å². The number of aliphatic imine (C=N–C) groups is 1. The third kappa shape index (κ3) is 4.16. The summed E-state index contributed by atoms with van der Waals surface area (Å²) in [6.45, 7) is 4.61. The van der Waals surface area contributed by atoms with E-state index in [9.17, 15) is 4.79 Å². The molecule has 0 N–H and O–H groups in total. The van der Waals surface area contributed by atoms with Gasteiger partial charge in [-0.2, -0.15) is 0 Å². The van der Waals surface area contributed by atoms with E-state index >= 15 is 0 Å². The normalized spacial score (nSPS) is 11.2. The van der Waals surface area contributed by atoms with Crippen LogP contribution in [0.5, 0.6) is 0 Å². The van der Waals surface area contributed by atoms with Crippen LogP contribution in [0.25, 0.3) is 0 Å². The summed E-state index contributed by atoms with van der Waals surface area (Å²) in [5.74, 6) is 1.39. The highest BCUT2D eigenvalue weighted by Crippen LogP contribution is 2.17. The largest absolute Gasteiger partial charge is 0.465 e. The number of carbonyl (C=O) groups excluding carboxylic acids is 1. The van der Waals surface area contributed by atoms with Crippen LogP contribution < -0.4 is 4.90 Å². The van der Waals surface area contributed by atoms with Gasteiger partial charge in [0.25, 0.3) is 0 Å². The van der Waals surface area contributed by atoms with Gasteiger partial charge in [-0.25, -0.2) is 9.78 Å². The molecule has 0 saturated heterocycles. The van der Waals surface area contributed by atoms with Gasteiger partial charge in [0, 0.05) is 13.2 Å². The molecule has 0 aliphatic carbocycles. The van der Waals surface area contributed by atoms with Gasteiger partial charge in [-0.15, -0.1) is 0 Å². The van der Waals surface area contributed by atoms with Crippen LogP contribution in [0.2, 0.25) is 0 Å². The number of ether oxygens (including phenoxy) is 1. The molecule has 1 heterocycles. The molecule has 0 fully saturated rings. The lowest BCUT2D eigenvalue weighted by molar-refractivity contribution is 0.0600. The number of hydrogen-bond acceptors (Lipinski definition) is 4. The number of carbonyl (C=O) groups is 1. The number of nitrogens with zero attached hydrogens (tertiary/aromatic N) is 3. The van der Waals surface area contributed by atoms with Crippen LogP contribution in [0, 0.1) is 6.92 Å². The Kier molecular flexibility index (Phi) is 5.46. The van der Waals surface area contributed by atoms with Gasteiger partial charge in [-0.3, -0.25) is 4.99 Å². The van der Waals surface area contributed by atoms with E-state index in [2.05, 4.69) is 9.98 Å². The molecular formula is C18H21N3O2. The summed E-state index contributed by atoms with van der Waals surface area (Å²) in [6.07, 6.45) is 1.79. The van der Waals surface area contributed by atoms with Crippen molar-refractivity contribution in [1.82, 2.24) is 4.98 Å².